The number of nitrogens with zero attached hydrogens (tertiary/aromatic N) is 1. The van der Waals surface area contributed by atoms with E-state index in [1.807, 2.05) is 0 Å². The van der Waals surface area contributed by atoms with Crippen molar-refractivity contribution in [3.8, 4) is 0 Å². The van der Waals surface area contributed by atoms with Crippen LogP contribution in [0.2, 0.25) is 5.02 Å². The summed E-state index contributed by atoms with van der Waals surface area (Å²) in [7, 11) is 0. The summed E-state index contributed by atoms with van der Waals surface area (Å²) < 4.78 is 1.22. The third kappa shape index (κ3) is 3.77. The minimum atomic E-state index is -0.540. The molecule has 2 aromatic heterocycles. The van der Waals surface area contributed by atoms with Crippen LogP contribution in [0.1, 0.15) is 34.1 Å². The van der Waals surface area contributed by atoms with Gasteiger partial charge in [0.15, 0.2) is 0 Å². The minimum absolute atomic E-state index is 0.184. The molecular weight excluding hydrogens is 362 g/mol. The quantitative estimate of drug-likeness (QED) is 0.854. The van der Waals surface area contributed by atoms with Crippen molar-refractivity contribution in [2.24, 2.45) is 11.7 Å². The second kappa shape index (κ2) is 7.01. The Hall–Kier alpha value is -2.12. The van der Waals surface area contributed by atoms with E-state index in [0.29, 0.717) is 21.5 Å². The molecule has 0 saturated heterocycles. The Bertz CT molecular complexity index is 903. The summed E-state index contributed by atoms with van der Waals surface area (Å²) in [6.45, 7) is 1.98. The fourth-order valence-electron chi connectivity index (χ4n) is 3.05. The molecule has 132 valence electrons. The standard InChI is InChI=1S/C17H18ClN3O3S/c1-9-2-4-11-12(6-9)25-17(15(11)16(19)24)20-13(22)8-21-7-10(18)3-5-14(21)23/h3,5,7,9H,2,4,6,8H2,1H3,(H2,19,24)(H,20,22). The molecule has 0 saturated carbocycles. The number of carbonyl (C=O) groups is 2. The molecule has 0 aromatic carbocycles. The first-order valence-electron chi connectivity index (χ1n) is 7.95. The Labute approximate surface area is 153 Å². The van der Waals surface area contributed by atoms with E-state index < -0.39 is 11.8 Å². The van der Waals surface area contributed by atoms with Gasteiger partial charge in [0.1, 0.15) is 11.5 Å². The topological polar surface area (TPSA) is 94.2 Å². The number of carbonyl (C=O) groups excluding carboxylic acids is 2. The largest absolute Gasteiger partial charge is 0.365 e. The lowest BCUT2D eigenvalue weighted by Gasteiger charge is -2.18. The molecule has 0 aliphatic heterocycles. The highest BCUT2D eigenvalue weighted by Crippen LogP contribution is 2.39. The SMILES string of the molecule is CC1CCc2c(sc(NC(=O)Cn3cc(Cl)ccc3=O)c2C(N)=O)C1. The van der Waals surface area contributed by atoms with Crippen LogP contribution < -0.4 is 16.6 Å². The van der Waals surface area contributed by atoms with Gasteiger partial charge in [-0.1, -0.05) is 18.5 Å². The molecule has 1 unspecified atom stereocenters. The summed E-state index contributed by atoms with van der Waals surface area (Å²) in [6.07, 6.45) is 4.06. The highest BCUT2D eigenvalue weighted by atomic mass is 35.5. The minimum Gasteiger partial charge on any atom is -0.365 e. The molecule has 6 nitrogen and oxygen atoms in total. The summed E-state index contributed by atoms with van der Waals surface area (Å²) >= 11 is 7.25. The van der Waals surface area contributed by atoms with Gasteiger partial charge in [0.2, 0.25) is 5.91 Å². The van der Waals surface area contributed by atoms with Crippen LogP contribution in [0.4, 0.5) is 5.00 Å². The summed E-state index contributed by atoms with van der Waals surface area (Å²) in [5.74, 6) is -0.402. The van der Waals surface area contributed by atoms with Crippen LogP contribution in [-0.2, 0) is 24.2 Å². The van der Waals surface area contributed by atoms with Gasteiger partial charge >= 0.3 is 0 Å². The predicted octanol–water partition coefficient (Wildman–Crippen LogP) is 2.43. The fourth-order valence-corrected chi connectivity index (χ4v) is 4.66. The van der Waals surface area contributed by atoms with Crippen molar-refractivity contribution in [2.75, 3.05) is 5.32 Å². The second-order valence-corrected chi connectivity index (χ2v) is 7.82. The Morgan fingerprint density at radius 1 is 1.44 bits per heavy atom. The molecule has 8 heteroatoms. The molecule has 25 heavy (non-hydrogen) atoms. The van der Waals surface area contributed by atoms with E-state index >= 15 is 0 Å². The molecule has 1 aliphatic carbocycles. The van der Waals surface area contributed by atoms with Crippen LogP contribution in [0, 0.1) is 5.92 Å². The molecule has 0 spiro atoms. The Morgan fingerprint density at radius 2 is 2.20 bits per heavy atom. The normalized spacial score (nSPS) is 16.3. The zero-order valence-electron chi connectivity index (χ0n) is 13.7. The summed E-state index contributed by atoms with van der Waals surface area (Å²) in [5, 5.41) is 3.57. The number of nitrogens with two attached hydrogens (primary N) is 1. The number of amides is 2. The first-order chi connectivity index (χ1) is 11.8. The van der Waals surface area contributed by atoms with Crippen LogP contribution in [0.5, 0.6) is 0 Å². The van der Waals surface area contributed by atoms with Crippen molar-refractivity contribution < 1.29 is 9.59 Å². The predicted molar refractivity (Wildman–Crippen MR) is 98.4 cm³/mol. The average Bonchev–Trinajstić information content (AvgIpc) is 2.87. The number of pyridine rings is 1. The van der Waals surface area contributed by atoms with Gasteiger partial charge in [-0.05, 0) is 36.8 Å². The van der Waals surface area contributed by atoms with Crippen molar-refractivity contribution in [3.63, 3.8) is 0 Å². The van der Waals surface area contributed by atoms with E-state index in [-0.39, 0.29) is 12.1 Å². The van der Waals surface area contributed by atoms with Gasteiger partial charge in [0.25, 0.3) is 11.5 Å². The van der Waals surface area contributed by atoms with Gasteiger partial charge in [0.05, 0.1) is 10.6 Å². The maximum Gasteiger partial charge on any atom is 0.251 e. The molecule has 0 bridgehead atoms. The van der Waals surface area contributed by atoms with Crippen molar-refractivity contribution in [1.29, 1.82) is 0 Å². The first kappa shape index (κ1) is 17.7. The lowest BCUT2D eigenvalue weighted by molar-refractivity contribution is -0.116. The van der Waals surface area contributed by atoms with Crippen LogP contribution in [-0.4, -0.2) is 16.4 Å². The van der Waals surface area contributed by atoms with Gasteiger partial charge in [0, 0.05) is 17.1 Å². The summed E-state index contributed by atoms with van der Waals surface area (Å²) in [6, 6.07) is 2.77. The van der Waals surface area contributed by atoms with Crippen molar-refractivity contribution in [2.45, 2.75) is 32.7 Å². The molecule has 2 aromatic rings. The highest BCUT2D eigenvalue weighted by Gasteiger charge is 2.27. The third-order valence-corrected chi connectivity index (χ3v) is 5.67. The summed E-state index contributed by atoms with van der Waals surface area (Å²) in [4.78, 5) is 37.1. The van der Waals surface area contributed by atoms with Crippen LogP contribution in [0.3, 0.4) is 0 Å². The first-order valence-corrected chi connectivity index (χ1v) is 9.14. The van der Waals surface area contributed by atoms with Crippen LogP contribution >= 0.6 is 22.9 Å². The van der Waals surface area contributed by atoms with Gasteiger partial charge in [-0.15, -0.1) is 11.3 Å². The zero-order chi connectivity index (χ0) is 18.1. The van der Waals surface area contributed by atoms with E-state index in [2.05, 4.69) is 12.2 Å². The second-order valence-electron chi connectivity index (χ2n) is 6.28. The van der Waals surface area contributed by atoms with Crippen LogP contribution in [0.25, 0.3) is 0 Å². The molecule has 1 atom stereocenters. The molecule has 3 rings (SSSR count). The number of halogens is 1. The smallest absolute Gasteiger partial charge is 0.251 e. The third-order valence-electron chi connectivity index (χ3n) is 4.27. The van der Waals surface area contributed by atoms with Gasteiger partial charge in [-0.2, -0.15) is 0 Å². The van der Waals surface area contributed by atoms with Gasteiger partial charge < -0.3 is 15.6 Å². The number of primary amides is 1. The molecule has 2 heterocycles. The number of nitrogens with one attached hydrogen (secondary N) is 1. The fraction of sp³-hybridized carbons (Fsp3) is 0.353. The lowest BCUT2D eigenvalue weighted by atomic mass is 9.88. The zero-order valence-corrected chi connectivity index (χ0v) is 15.2. The number of thiophene rings is 1. The Kier molecular flexibility index (Phi) is 4.96. The van der Waals surface area contributed by atoms with E-state index in [4.69, 9.17) is 17.3 Å². The molecule has 3 N–H and O–H groups in total. The number of rotatable bonds is 4. The number of hydrogen-bond donors (Lipinski definition) is 2. The van der Waals surface area contributed by atoms with Gasteiger partial charge in [-0.3, -0.25) is 14.4 Å². The number of aromatic nitrogens is 1. The monoisotopic (exact) mass is 379 g/mol. The van der Waals surface area contributed by atoms with E-state index in [9.17, 15) is 14.4 Å². The van der Waals surface area contributed by atoms with Crippen molar-refractivity contribution >= 4 is 39.8 Å². The van der Waals surface area contributed by atoms with E-state index in [1.165, 1.54) is 34.2 Å². The van der Waals surface area contributed by atoms with Crippen molar-refractivity contribution in [1.82, 2.24) is 4.57 Å². The van der Waals surface area contributed by atoms with E-state index in [1.54, 1.807) is 0 Å². The molecule has 1 aliphatic rings. The summed E-state index contributed by atoms with van der Waals surface area (Å²) in [5.41, 5.74) is 6.56. The average molecular weight is 380 g/mol. The maximum absolute atomic E-state index is 12.3. The Balaban J connectivity index is 1.85. The Morgan fingerprint density at radius 3 is 2.92 bits per heavy atom. The molecule has 0 radical (unpaired) electrons. The number of anilines is 1. The lowest BCUT2D eigenvalue weighted by Crippen LogP contribution is -2.27. The molecular formula is C17H18ClN3O3S. The highest BCUT2D eigenvalue weighted by molar-refractivity contribution is 7.17. The maximum atomic E-state index is 12.3. The van der Waals surface area contributed by atoms with Crippen LogP contribution in [0.15, 0.2) is 23.1 Å². The molecule has 2 amide bonds. The van der Waals surface area contributed by atoms with E-state index in [0.717, 1.165) is 29.7 Å². The number of fused-ring (bicyclic) bond motifs is 1. The number of hydrogen-bond acceptors (Lipinski definition) is 4. The van der Waals surface area contributed by atoms with Gasteiger partial charge in [-0.25, -0.2) is 0 Å². The van der Waals surface area contributed by atoms with Crippen molar-refractivity contribution in [3.05, 3.63) is 49.7 Å². The molecule has 0 fully saturated rings.